The molecule has 8 heteroatoms. The van der Waals surface area contributed by atoms with Crippen molar-refractivity contribution in [2.24, 2.45) is 0 Å². The van der Waals surface area contributed by atoms with Crippen LogP contribution in [0.4, 0.5) is 13.2 Å². The molecule has 0 bridgehead atoms. The number of hydrogen-bond acceptors (Lipinski definition) is 4. The van der Waals surface area contributed by atoms with E-state index in [0.29, 0.717) is 10.4 Å². The summed E-state index contributed by atoms with van der Waals surface area (Å²) in [5, 5.41) is 4.47. The van der Waals surface area contributed by atoms with Crippen molar-refractivity contribution in [1.82, 2.24) is 5.32 Å². The van der Waals surface area contributed by atoms with E-state index < -0.39 is 18.7 Å². The van der Waals surface area contributed by atoms with Crippen LogP contribution in [0.25, 0.3) is 0 Å². The quantitative estimate of drug-likeness (QED) is 0.557. The Morgan fingerprint density at radius 3 is 2.41 bits per heavy atom. The molecule has 3 rings (SSSR count). The fraction of sp³-hybridized carbons (Fsp3) is 0.143. The highest BCUT2D eigenvalue weighted by Crippen LogP contribution is 2.20. The Morgan fingerprint density at radius 1 is 0.966 bits per heavy atom. The third kappa shape index (κ3) is 5.68. The minimum absolute atomic E-state index is 0.0577. The van der Waals surface area contributed by atoms with Crippen LogP contribution < -0.4 is 10.1 Å². The van der Waals surface area contributed by atoms with E-state index in [1.165, 1.54) is 23.5 Å². The summed E-state index contributed by atoms with van der Waals surface area (Å²) in [4.78, 5) is 25.8. The number of ketones is 1. The zero-order valence-corrected chi connectivity index (χ0v) is 15.8. The topological polar surface area (TPSA) is 55.4 Å². The Kier molecular flexibility index (Phi) is 6.33. The van der Waals surface area contributed by atoms with Crippen molar-refractivity contribution in [1.29, 1.82) is 0 Å². The maximum atomic E-state index is 12.6. The Labute approximate surface area is 168 Å². The van der Waals surface area contributed by atoms with E-state index in [2.05, 4.69) is 5.32 Å². The fourth-order valence-electron chi connectivity index (χ4n) is 2.61. The summed E-state index contributed by atoms with van der Waals surface area (Å²) in [7, 11) is 0. The second kappa shape index (κ2) is 8.91. The second-order valence-electron chi connectivity index (χ2n) is 6.09. The van der Waals surface area contributed by atoms with Gasteiger partial charge in [0.25, 0.3) is 5.91 Å². The van der Waals surface area contributed by atoms with E-state index in [1.54, 1.807) is 53.9 Å². The molecular formula is C21H16F3NO3S. The molecule has 1 amide bonds. The molecule has 1 aromatic heterocycles. The van der Waals surface area contributed by atoms with Gasteiger partial charge in [-0.05, 0) is 35.2 Å². The SMILES string of the molecule is O=C(NCc1cccc(OCC(F)(F)F)c1)c1ccccc1C(=O)c1cccs1. The van der Waals surface area contributed by atoms with Crippen molar-refractivity contribution in [3.63, 3.8) is 0 Å². The number of hydrogen-bond donors (Lipinski definition) is 1. The van der Waals surface area contributed by atoms with Crippen LogP contribution in [0.3, 0.4) is 0 Å². The summed E-state index contributed by atoms with van der Waals surface area (Å²) in [5.74, 6) is -0.636. The van der Waals surface area contributed by atoms with Crippen LogP contribution in [0, 0.1) is 0 Å². The first-order valence-corrected chi connectivity index (χ1v) is 9.45. The van der Waals surface area contributed by atoms with Crippen molar-refractivity contribution < 1.29 is 27.5 Å². The number of rotatable bonds is 7. The summed E-state index contributed by atoms with van der Waals surface area (Å²) in [6, 6.07) is 16.0. The summed E-state index contributed by atoms with van der Waals surface area (Å²) in [6.07, 6.45) is -4.43. The van der Waals surface area contributed by atoms with Gasteiger partial charge in [0.2, 0.25) is 5.78 Å². The van der Waals surface area contributed by atoms with E-state index in [-0.39, 0.29) is 29.2 Å². The summed E-state index contributed by atoms with van der Waals surface area (Å²) in [6.45, 7) is -1.31. The monoisotopic (exact) mass is 419 g/mol. The number of amides is 1. The van der Waals surface area contributed by atoms with Crippen LogP contribution in [0.1, 0.15) is 31.2 Å². The Hall–Kier alpha value is -3.13. The van der Waals surface area contributed by atoms with Gasteiger partial charge in [-0.1, -0.05) is 36.4 Å². The van der Waals surface area contributed by atoms with Gasteiger partial charge in [-0.15, -0.1) is 11.3 Å². The molecule has 3 aromatic rings. The van der Waals surface area contributed by atoms with Crippen LogP contribution >= 0.6 is 11.3 Å². The molecule has 1 heterocycles. The largest absolute Gasteiger partial charge is 0.484 e. The second-order valence-corrected chi connectivity index (χ2v) is 7.03. The molecule has 150 valence electrons. The van der Waals surface area contributed by atoms with Gasteiger partial charge in [0, 0.05) is 12.1 Å². The first kappa shape index (κ1) is 20.6. The van der Waals surface area contributed by atoms with E-state index >= 15 is 0 Å². The maximum absolute atomic E-state index is 12.6. The lowest BCUT2D eigenvalue weighted by Crippen LogP contribution is -2.25. The fourth-order valence-corrected chi connectivity index (χ4v) is 3.29. The van der Waals surface area contributed by atoms with Gasteiger partial charge in [0.1, 0.15) is 5.75 Å². The van der Waals surface area contributed by atoms with Crippen molar-refractivity contribution in [3.05, 3.63) is 87.6 Å². The van der Waals surface area contributed by atoms with Gasteiger partial charge in [-0.2, -0.15) is 13.2 Å². The molecule has 0 aliphatic rings. The predicted octanol–water partition coefficient (Wildman–Crippen LogP) is 4.85. The number of carbonyl (C=O) groups excluding carboxylic acids is 2. The molecule has 0 aliphatic carbocycles. The van der Waals surface area contributed by atoms with Gasteiger partial charge in [0.05, 0.1) is 10.4 Å². The van der Waals surface area contributed by atoms with Gasteiger partial charge in [0.15, 0.2) is 6.61 Å². The van der Waals surface area contributed by atoms with Crippen molar-refractivity contribution in [2.45, 2.75) is 12.7 Å². The molecular weight excluding hydrogens is 403 g/mol. The number of thiophene rings is 1. The number of nitrogens with one attached hydrogen (secondary N) is 1. The number of benzene rings is 2. The van der Waals surface area contributed by atoms with Crippen molar-refractivity contribution in [2.75, 3.05) is 6.61 Å². The lowest BCUT2D eigenvalue weighted by molar-refractivity contribution is -0.153. The molecule has 0 spiro atoms. The molecule has 2 aromatic carbocycles. The average Bonchev–Trinajstić information content (AvgIpc) is 3.25. The van der Waals surface area contributed by atoms with E-state index in [9.17, 15) is 22.8 Å². The number of halogens is 3. The van der Waals surface area contributed by atoms with E-state index in [0.717, 1.165) is 0 Å². The number of ether oxygens (including phenoxy) is 1. The third-order valence-corrected chi connectivity index (χ3v) is 4.78. The molecule has 0 atom stereocenters. The smallest absolute Gasteiger partial charge is 0.422 e. The summed E-state index contributed by atoms with van der Waals surface area (Å²) >= 11 is 1.29. The molecule has 0 saturated carbocycles. The van der Waals surface area contributed by atoms with E-state index in [1.807, 2.05) is 0 Å². The highest BCUT2D eigenvalue weighted by Gasteiger charge is 2.28. The Balaban J connectivity index is 1.68. The Bertz CT molecular complexity index is 1000. The molecule has 1 N–H and O–H groups in total. The molecule has 0 radical (unpaired) electrons. The minimum atomic E-state index is -4.43. The lowest BCUT2D eigenvalue weighted by Gasteiger charge is -2.11. The standard InChI is InChI=1S/C21H16F3NO3S/c22-21(23,24)13-28-15-6-3-5-14(11-15)12-25-20(27)17-8-2-1-7-16(17)19(26)18-9-4-10-29-18/h1-11H,12-13H2,(H,25,27). The summed E-state index contributed by atoms with van der Waals surface area (Å²) in [5.41, 5.74) is 1.09. The van der Waals surface area contributed by atoms with Crippen LogP contribution in [0.15, 0.2) is 66.0 Å². The van der Waals surface area contributed by atoms with Crippen LogP contribution in [-0.4, -0.2) is 24.5 Å². The number of alkyl halides is 3. The molecule has 0 aliphatic heterocycles. The first-order valence-electron chi connectivity index (χ1n) is 8.57. The highest BCUT2D eigenvalue weighted by molar-refractivity contribution is 7.12. The van der Waals surface area contributed by atoms with Gasteiger partial charge in [-0.25, -0.2) is 0 Å². The maximum Gasteiger partial charge on any atom is 0.422 e. The van der Waals surface area contributed by atoms with Crippen LogP contribution in [0.2, 0.25) is 0 Å². The average molecular weight is 419 g/mol. The lowest BCUT2D eigenvalue weighted by atomic mass is 10.0. The van der Waals surface area contributed by atoms with Crippen LogP contribution in [-0.2, 0) is 6.54 Å². The van der Waals surface area contributed by atoms with Gasteiger partial charge >= 0.3 is 6.18 Å². The highest BCUT2D eigenvalue weighted by atomic mass is 32.1. The zero-order chi connectivity index (χ0) is 20.9. The van der Waals surface area contributed by atoms with Crippen molar-refractivity contribution >= 4 is 23.0 Å². The molecule has 29 heavy (non-hydrogen) atoms. The van der Waals surface area contributed by atoms with Gasteiger partial charge in [-0.3, -0.25) is 9.59 Å². The number of carbonyl (C=O) groups is 2. The molecule has 4 nitrogen and oxygen atoms in total. The normalized spacial score (nSPS) is 11.1. The van der Waals surface area contributed by atoms with E-state index in [4.69, 9.17) is 4.74 Å². The summed E-state index contributed by atoms with van der Waals surface area (Å²) < 4.78 is 41.6. The molecule has 0 unspecified atom stereocenters. The predicted molar refractivity (Wildman–Crippen MR) is 103 cm³/mol. The van der Waals surface area contributed by atoms with Crippen molar-refractivity contribution in [3.8, 4) is 5.75 Å². The first-order chi connectivity index (χ1) is 13.8. The molecule has 0 fully saturated rings. The Morgan fingerprint density at radius 2 is 1.72 bits per heavy atom. The minimum Gasteiger partial charge on any atom is -0.484 e. The third-order valence-electron chi connectivity index (χ3n) is 3.92. The molecule has 0 saturated heterocycles. The van der Waals surface area contributed by atoms with Gasteiger partial charge < -0.3 is 10.1 Å². The van der Waals surface area contributed by atoms with Crippen LogP contribution in [0.5, 0.6) is 5.75 Å². The zero-order valence-electron chi connectivity index (χ0n) is 15.0.